The Hall–Kier alpha value is -1.42. The number of rotatable bonds is 3. The average Bonchev–Trinajstić information content (AvgIpc) is 2.21. The van der Waals surface area contributed by atoms with Crippen molar-refractivity contribution in [2.75, 3.05) is 5.32 Å². The maximum atomic E-state index is 13.4. The number of carbonyl (C=O) groups excluding carboxylic acids is 1. The number of benzene rings is 1. The van der Waals surface area contributed by atoms with Crippen molar-refractivity contribution < 1.29 is 9.18 Å². The van der Waals surface area contributed by atoms with E-state index in [1.807, 2.05) is 6.92 Å². The van der Waals surface area contributed by atoms with E-state index in [2.05, 4.69) is 5.32 Å². The molecular formula is C13H17FN2O. The maximum absolute atomic E-state index is 13.4. The molecular weight excluding hydrogens is 219 g/mol. The molecule has 0 radical (unpaired) electrons. The highest BCUT2D eigenvalue weighted by Gasteiger charge is 2.34. The van der Waals surface area contributed by atoms with E-state index in [1.165, 1.54) is 6.07 Å². The molecule has 92 valence electrons. The molecule has 17 heavy (non-hydrogen) atoms. The molecule has 0 heterocycles. The van der Waals surface area contributed by atoms with E-state index in [9.17, 15) is 9.18 Å². The van der Waals surface area contributed by atoms with E-state index in [4.69, 9.17) is 5.73 Å². The number of hydrogen-bond acceptors (Lipinski definition) is 2. The third-order valence-electron chi connectivity index (χ3n) is 3.26. The molecule has 0 aliphatic heterocycles. The lowest BCUT2D eigenvalue weighted by Gasteiger charge is -2.37. The summed E-state index contributed by atoms with van der Waals surface area (Å²) >= 11 is 0. The Kier molecular flexibility index (Phi) is 3.15. The van der Waals surface area contributed by atoms with E-state index >= 15 is 0 Å². The zero-order valence-corrected chi connectivity index (χ0v) is 9.92. The molecule has 0 saturated heterocycles. The predicted molar refractivity (Wildman–Crippen MR) is 65.2 cm³/mol. The van der Waals surface area contributed by atoms with Crippen LogP contribution in [0.4, 0.5) is 10.1 Å². The molecule has 0 unspecified atom stereocenters. The standard InChI is InChI=1S/C13H17FN2O/c1-9-3-4-10(14)11(7-9)16-12(17)8-13(15)5-2-6-13/h3-4,7H,2,5-6,8,15H2,1H3,(H,16,17). The van der Waals surface area contributed by atoms with E-state index in [1.54, 1.807) is 12.1 Å². The molecule has 0 atom stereocenters. The first kappa shape index (κ1) is 12.0. The molecule has 1 aliphatic rings. The average molecular weight is 236 g/mol. The first-order chi connectivity index (χ1) is 7.98. The number of amides is 1. The number of aryl methyl sites for hydroxylation is 1. The molecule has 1 aromatic rings. The van der Waals surface area contributed by atoms with Crippen molar-refractivity contribution in [3.63, 3.8) is 0 Å². The van der Waals surface area contributed by atoms with Gasteiger partial charge in [0.15, 0.2) is 0 Å². The first-order valence-corrected chi connectivity index (χ1v) is 5.83. The lowest BCUT2D eigenvalue weighted by molar-refractivity contribution is -0.118. The highest BCUT2D eigenvalue weighted by Crippen LogP contribution is 2.32. The third kappa shape index (κ3) is 2.82. The summed E-state index contributed by atoms with van der Waals surface area (Å²) in [6.45, 7) is 1.85. The van der Waals surface area contributed by atoms with Gasteiger partial charge in [-0.15, -0.1) is 0 Å². The van der Waals surface area contributed by atoms with Gasteiger partial charge in [-0.1, -0.05) is 6.07 Å². The molecule has 0 spiro atoms. The number of carbonyl (C=O) groups is 1. The minimum atomic E-state index is -0.413. The Bertz CT molecular complexity index is 441. The highest BCUT2D eigenvalue weighted by atomic mass is 19.1. The van der Waals surface area contributed by atoms with Crippen LogP contribution in [0.5, 0.6) is 0 Å². The monoisotopic (exact) mass is 236 g/mol. The van der Waals surface area contributed by atoms with Gasteiger partial charge in [-0.05, 0) is 43.9 Å². The van der Waals surface area contributed by atoms with Gasteiger partial charge in [0, 0.05) is 12.0 Å². The molecule has 1 saturated carbocycles. The Balaban J connectivity index is 2.00. The van der Waals surface area contributed by atoms with Gasteiger partial charge in [0.2, 0.25) is 5.91 Å². The lowest BCUT2D eigenvalue weighted by atomic mass is 9.75. The summed E-state index contributed by atoms with van der Waals surface area (Å²) in [4.78, 5) is 11.7. The second kappa shape index (κ2) is 4.45. The molecule has 0 aromatic heterocycles. The molecule has 3 nitrogen and oxygen atoms in total. The van der Waals surface area contributed by atoms with Crippen molar-refractivity contribution in [2.24, 2.45) is 5.73 Å². The van der Waals surface area contributed by atoms with Crippen LogP contribution >= 0.6 is 0 Å². The van der Waals surface area contributed by atoms with Gasteiger partial charge in [0.1, 0.15) is 5.82 Å². The van der Waals surface area contributed by atoms with E-state index < -0.39 is 5.82 Å². The molecule has 2 rings (SSSR count). The molecule has 0 bridgehead atoms. The number of halogens is 1. The zero-order chi connectivity index (χ0) is 12.5. The summed E-state index contributed by atoms with van der Waals surface area (Å²) < 4.78 is 13.4. The Morgan fingerprint density at radius 1 is 1.53 bits per heavy atom. The lowest BCUT2D eigenvalue weighted by Crippen LogP contribution is -2.48. The van der Waals surface area contributed by atoms with Gasteiger partial charge < -0.3 is 11.1 Å². The maximum Gasteiger partial charge on any atom is 0.226 e. The SMILES string of the molecule is Cc1ccc(F)c(NC(=O)CC2(N)CCC2)c1. The Labute approximate surface area is 100 Å². The summed E-state index contributed by atoms with van der Waals surface area (Å²) in [5.41, 5.74) is 6.74. The summed E-state index contributed by atoms with van der Waals surface area (Å²) in [5, 5.41) is 2.58. The normalized spacial score (nSPS) is 17.4. The second-order valence-corrected chi connectivity index (χ2v) is 4.92. The fourth-order valence-corrected chi connectivity index (χ4v) is 2.06. The minimum Gasteiger partial charge on any atom is -0.325 e. The van der Waals surface area contributed by atoms with Crippen molar-refractivity contribution in [1.29, 1.82) is 0 Å². The predicted octanol–water partition coefficient (Wildman–Crippen LogP) is 2.34. The fraction of sp³-hybridized carbons (Fsp3) is 0.462. The van der Waals surface area contributed by atoms with Crippen LogP contribution in [0, 0.1) is 12.7 Å². The third-order valence-corrected chi connectivity index (χ3v) is 3.26. The summed E-state index contributed by atoms with van der Waals surface area (Å²) in [6, 6.07) is 4.64. The molecule has 1 aliphatic carbocycles. The summed E-state index contributed by atoms with van der Waals surface area (Å²) in [5.74, 6) is -0.625. The Morgan fingerprint density at radius 3 is 2.82 bits per heavy atom. The quantitative estimate of drug-likeness (QED) is 0.846. The van der Waals surface area contributed by atoms with Gasteiger partial charge in [-0.3, -0.25) is 4.79 Å². The summed E-state index contributed by atoms with van der Waals surface area (Å²) in [6.07, 6.45) is 3.08. The Morgan fingerprint density at radius 2 is 2.24 bits per heavy atom. The topological polar surface area (TPSA) is 55.1 Å². The van der Waals surface area contributed by atoms with E-state index in [-0.39, 0.29) is 23.6 Å². The fourth-order valence-electron chi connectivity index (χ4n) is 2.06. The van der Waals surface area contributed by atoms with Crippen molar-refractivity contribution in [1.82, 2.24) is 0 Å². The van der Waals surface area contributed by atoms with Gasteiger partial charge in [0.05, 0.1) is 5.69 Å². The molecule has 1 aromatic carbocycles. The van der Waals surface area contributed by atoms with Gasteiger partial charge in [-0.2, -0.15) is 0 Å². The summed E-state index contributed by atoms with van der Waals surface area (Å²) in [7, 11) is 0. The smallest absolute Gasteiger partial charge is 0.226 e. The highest BCUT2D eigenvalue weighted by molar-refractivity contribution is 5.91. The van der Waals surface area contributed by atoms with Crippen LogP contribution in [0.2, 0.25) is 0 Å². The van der Waals surface area contributed by atoms with Crippen LogP contribution in [0.3, 0.4) is 0 Å². The van der Waals surface area contributed by atoms with Crippen LogP contribution < -0.4 is 11.1 Å². The van der Waals surface area contributed by atoms with Crippen LogP contribution in [0.15, 0.2) is 18.2 Å². The van der Waals surface area contributed by atoms with Gasteiger partial charge in [-0.25, -0.2) is 4.39 Å². The number of nitrogens with one attached hydrogen (secondary N) is 1. The molecule has 3 N–H and O–H groups in total. The van der Waals surface area contributed by atoms with Crippen LogP contribution in [-0.2, 0) is 4.79 Å². The molecule has 1 amide bonds. The van der Waals surface area contributed by atoms with Crippen molar-refractivity contribution >= 4 is 11.6 Å². The van der Waals surface area contributed by atoms with Crippen molar-refractivity contribution in [3.8, 4) is 0 Å². The zero-order valence-electron chi connectivity index (χ0n) is 9.92. The van der Waals surface area contributed by atoms with Gasteiger partial charge >= 0.3 is 0 Å². The van der Waals surface area contributed by atoms with Gasteiger partial charge in [0.25, 0.3) is 0 Å². The van der Waals surface area contributed by atoms with E-state index in [0.29, 0.717) is 0 Å². The van der Waals surface area contributed by atoms with Crippen LogP contribution in [-0.4, -0.2) is 11.4 Å². The molecule has 1 fully saturated rings. The number of nitrogens with two attached hydrogens (primary N) is 1. The van der Waals surface area contributed by atoms with Crippen molar-refractivity contribution in [3.05, 3.63) is 29.6 Å². The van der Waals surface area contributed by atoms with Crippen LogP contribution in [0.1, 0.15) is 31.2 Å². The largest absolute Gasteiger partial charge is 0.325 e. The second-order valence-electron chi connectivity index (χ2n) is 4.92. The first-order valence-electron chi connectivity index (χ1n) is 5.83. The van der Waals surface area contributed by atoms with E-state index in [0.717, 1.165) is 24.8 Å². The molecule has 4 heteroatoms. The van der Waals surface area contributed by atoms with Crippen molar-refractivity contribution in [2.45, 2.75) is 38.1 Å². The minimum absolute atomic E-state index is 0.211. The number of hydrogen-bond donors (Lipinski definition) is 2. The van der Waals surface area contributed by atoms with Crippen LogP contribution in [0.25, 0.3) is 0 Å². The number of anilines is 1.